The first-order valence-corrected chi connectivity index (χ1v) is 8.23. The van der Waals surface area contributed by atoms with Crippen molar-refractivity contribution in [2.75, 3.05) is 36.9 Å². The number of carbonyl (C=O) groups is 1. The molecule has 2 aromatic rings. The van der Waals surface area contributed by atoms with E-state index < -0.39 is 0 Å². The number of nitrogens with one attached hydrogen (secondary N) is 2. The zero-order valence-electron chi connectivity index (χ0n) is 14.3. The lowest BCUT2D eigenvalue weighted by Crippen LogP contribution is -2.52. The predicted molar refractivity (Wildman–Crippen MR) is 91.2 cm³/mol. The average Bonchev–Trinajstić information content (AvgIpc) is 3.05. The Balaban J connectivity index is 1.50. The summed E-state index contributed by atoms with van der Waals surface area (Å²) < 4.78 is 10.7. The number of amides is 1. The van der Waals surface area contributed by atoms with Gasteiger partial charge in [0.2, 0.25) is 5.91 Å². The molecule has 2 aromatic heterocycles. The van der Waals surface area contributed by atoms with Gasteiger partial charge in [0.15, 0.2) is 5.82 Å². The summed E-state index contributed by atoms with van der Waals surface area (Å²) >= 11 is 0. The van der Waals surface area contributed by atoms with Gasteiger partial charge in [-0.3, -0.25) is 9.69 Å². The first kappa shape index (κ1) is 17.3. The Morgan fingerprint density at radius 3 is 3.08 bits per heavy atom. The van der Waals surface area contributed by atoms with Crippen molar-refractivity contribution < 1.29 is 14.1 Å². The van der Waals surface area contributed by atoms with Crippen molar-refractivity contribution in [2.24, 2.45) is 0 Å². The Hall–Kier alpha value is -2.52. The molecule has 9 heteroatoms. The molecule has 0 saturated carbocycles. The molecule has 3 rings (SSSR count). The van der Waals surface area contributed by atoms with Gasteiger partial charge in [-0.25, -0.2) is 0 Å². The summed E-state index contributed by atoms with van der Waals surface area (Å²) in [6.07, 6.45) is 1.60. The highest BCUT2D eigenvalue weighted by atomic mass is 16.5. The van der Waals surface area contributed by atoms with Crippen LogP contribution in [0, 0.1) is 6.92 Å². The van der Waals surface area contributed by atoms with Crippen LogP contribution in [-0.4, -0.2) is 64.5 Å². The molecule has 134 valence electrons. The molecule has 25 heavy (non-hydrogen) atoms. The number of rotatable bonds is 6. The Morgan fingerprint density at radius 1 is 1.48 bits per heavy atom. The second-order valence-electron chi connectivity index (χ2n) is 5.97. The number of hydrogen-bond donors (Lipinski definition) is 2. The highest BCUT2D eigenvalue weighted by Gasteiger charge is 2.28. The zero-order chi connectivity index (χ0) is 17.6. The fourth-order valence-corrected chi connectivity index (χ4v) is 2.65. The van der Waals surface area contributed by atoms with E-state index in [1.165, 1.54) is 0 Å². The van der Waals surface area contributed by atoms with Gasteiger partial charge in [0.05, 0.1) is 18.8 Å². The largest absolute Gasteiger partial charge is 0.374 e. The number of aromatic nitrogens is 3. The molecule has 9 nitrogen and oxygen atoms in total. The monoisotopic (exact) mass is 346 g/mol. The number of hydrogen-bond acceptors (Lipinski definition) is 8. The fourth-order valence-electron chi connectivity index (χ4n) is 2.65. The van der Waals surface area contributed by atoms with Gasteiger partial charge < -0.3 is 19.9 Å². The molecule has 0 aliphatic carbocycles. The normalized spacial score (nSPS) is 19.4. The van der Waals surface area contributed by atoms with Gasteiger partial charge in [-0.2, -0.15) is 5.10 Å². The first-order valence-electron chi connectivity index (χ1n) is 8.23. The Kier molecular flexibility index (Phi) is 5.56. The molecule has 0 spiro atoms. The van der Waals surface area contributed by atoms with E-state index in [0.29, 0.717) is 43.6 Å². The van der Waals surface area contributed by atoms with Gasteiger partial charge in [0.25, 0.3) is 0 Å². The SMILES string of the molecule is Cc1cc(NC(=O)[C@H](C)N2CCO[C@H](CNc3cccnn3)C2)no1. The molecule has 1 fully saturated rings. The van der Waals surface area contributed by atoms with Gasteiger partial charge in [0.1, 0.15) is 11.6 Å². The number of nitrogens with zero attached hydrogens (tertiary/aromatic N) is 4. The maximum absolute atomic E-state index is 12.4. The van der Waals surface area contributed by atoms with Crippen LogP contribution in [0.25, 0.3) is 0 Å². The zero-order valence-corrected chi connectivity index (χ0v) is 14.3. The van der Waals surface area contributed by atoms with E-state index in [-0.39, 0.29) is 18.1 Å². The van der Waals surface area contributed by atoms with Gasteiger partial charge in [0, 0.05) is 31.9 Å². The molecule has 3 heterocycles. The molecular weight excluding hydrogens is 324 g/mol. The van der Waals surface area contributed by atoms with Gasteiger partial charge in [-0.15, -0.1) is 5.10 Å². The molecule has 1 amide bonds. The summed E-state index contributed by atoms with van der Waals surface area (Å²) in [5, 5.41) is 17.6. The first-order chi connectivity index (χ1) is 12.1. The number of ether oxygens (including phenoxy) is 1. The lowest BCUT2D eigenvalue weighted by atomic mass is 10.2. The van der Waals surface area contributed by atoms with E-state index in [2.05, 4.69) is 30.9 Å². The highest BCUT2D eigenvalue weighted by molar-refractivity contribution is 5.93. The summed E-state index contributed by atoms with van der Waals surface area (Å²) in [5.74, 6) is 1.68. The molecule has 1 saturated heterocycles. The van der Waals surface area contributed by atoms with Crippen LogP contribution in [0.1, 0.15) is 12.7 Å². The minimum Gasteiger partial charge on any atom is -0.374 e. The smallest absolute Gasteiger partial charge is 0.242 e. The van der Waals surface area contributed by atoms with Crippen molar-refractivity contribution in [3.05, 3.63) is 30.2 Å². The van der Waals surface area contributed by atoms with E-state index in [1.807, 2.05) is 19.1 Å². The van der Waals surface area contributed by atoms with Crippen LogP contribution in [0.3, 0.4) is 0 Å². The molecule has 1 aliphatic heterocycles. The van der Waals surface area contributed by atoms with Crippen LogP contribution in [-0.2, 0) is 9.53 Å². The van der Waals surface area contributed by atoms with Crippen molar-refractivity contribution in [2.45, 2.75) is 26.0 Å². The van der Waals surface area contributed by atoms with Crippen LogP contribution >= 0.6 is 0 Å². The predicted octanol–water partition coefficient (Wildman–Crippen LogP) is 0.913. The topological polar surface area (TPSA) is 105 Å². The Morgan fingerprint density at radius 2 is 2.36 bits per heavy atom. The van der Waals surface area contributed by atoms with Crippen molar-refractivity contribution >= 4 is 17.5 Å². The lowest BCUT2D eigenvalue weighted by Gasteiger charge is -2.36. The number of morpholine rings is 1. The summed E-state index contributed by atoms with van der Waals surface area (Å²) in [6, 6.07) is 5.07. The van der Waals surface area contributed by atoms with Crippen LogP contribution in [0.2, 0.25) is 0 Å². The molecular formula is C16H22N6O3. The second-order valence-corrected chi connectivity index (χ2v) is 5.97. The van der Waals surface area contributed by atoms with Gasteiger partial charge in [-0.1, -0.05) is 5.16 Å². The van der Waals surface area contributed by atoms with E-state index in [4.69, 9.17) is 9.26 Å². The second kappa shape index (κ2) is 8.04. The minimum absolute atomic E-state index is 0.0275. The fraction of sp³-hybridized carbons (Fsp3) is 0.500. The molecule has 0 bridgehead atoms. The number of carbonyl (C=O) groups excluding carboxylic acids is 1. The number of aryl methyl sites for hydroxylation is 1. The van der Waals surface area contributed by atoms with Crippen molar-refractivity contribution in [3.8, 4) is 0 Å². The third kappa shape index (κ3) is 4.74. The van der Waals surface area contributed by atoms with Crippen LogP contribution in [0.15, 0.2) is 28.9 Å². The summed E-state index contributed by atoms with van der Waals surface area (Å²) in [5.41, 5.74) is 0. The molecule has 0 unspecified atom stereocenters. The maximum Gasteiger partial charge on any atom is 0.242 e. The quantitative estimate of drug-likeness (QED) is 0.795. The van der Waals surface area contributed by atoms with Crippen molar-refractivity contribution in [3.63, 3.8) is 0 Å². The van der Waals surface area contributed by atoms with Crippen LogP contribution < -0.4 is 10.6 Å². The van der Waals surface area contributed by atoms with Gasteiger partial charge >= 0.3 is 0 Å². The summed E-state index contributed by atoms with van der Waals surface area (Å²) in [6.45, 7) is 6.19. The standard InChI is InChI=1S/C16H22N6O3/c1-11-8-15(21-25-11)19-16(23)12(2)22-6-7-24-13(10-22)9-17-14-4-3-5-18-20-14/h3-5,8,12-13H,6-7,9-10H2,1-2H3,(H,17,20)(H,19,21,23)/t12-,13+/m0/s1. The molecule has 0 radical (unpaired) electrons. The average molecular weight is 346 g/mol. The van der Waals surface area contributed by atoms with Crippen molar-refractivity contribution in [1.29, 1.82) is 0 Å². The molecule has 0 aromatic carbocycles. The molecule has 2 N–H and O–H groups in total. The highest BCUT2D eigenvalue weighted by Crippen LogP contribution is 2.13. The Bertz CT molecular complexity index is 692. The number of anilines is 2. The Labute approximate surface area is 145 Å². The third-order valence-electron chi connectivity index (χ3n) is 4.06. The molecule has 1 aliphatic rings. The molecule has 2 atom stereocenters. The van der Waals surface area contributed by atoms with Crippen molar-refractivity contribution in [1.82, 2.24) is 20.3 Å². The van der Waals surface area contributed by atoms with Crippen LogP contribution in [0.5, 0.6) is 0 Å². The van der Waals surface area contributed by atoms with Crippen LogP contribution in [0.4, 0.5) is 11.6 Å². The van der Waals surface area contributed by atoms with E-state index in [1.54, 1.807) is 19.2 Å². The minimum atomic E-state index is -0.292. The van der Waals surface area contributed by atoms with E-state index in [9.17, 15) is 4.79 Å². The van der Waals surface area contributed by atoms with E-state index >= 15 is 0 Å². The van der Waals surface area contributed by atoms with E-state index in [0.717, 1.165) is 0 Å². The summed E-state index contributed by atoms with van der Waals surface area (Å²) in [4.78, 5) is 14.5. The summed E-state index contributed by atoms with van der Waals surface area (Å²) in [7, 11) is 0. The third-order valence-corrected chi connectivity index (χ3v) is 4.06. The maximum atomic E-state index is 12.4. The lowest BCUT2D eigenvalue weighted by molar-refractivity contribution is -0.123. The van der Waals surface area contributed by atoms with Gasteiger partial charge in [-0.05, 0) is 26.0 Å².